The number of nitrogens with one attached hydrogen (secondary N) is 1. The van der Waals surface area contributed by atoms with Crippen LogP contribution in [-0.4, -0.2) is 25.1 Å². The minimum atomic E-state index is -0.478. The molecule has 0 spiro atoms. The van der Waals surface area contributed by atoms with E-state index < -0.39 is 4.92 Å². The Labute approximate surface area is 95.6 Å². The maximum atomic E-state index is 10.4. The maximum Gasteiger partial charge on any atom is 0.274 e. The highest BCUT2D eigenvalue weighted by Gasteiger charge is 2.14. The lowest BCUT2D eigenvalue weighted by atomic mass is 10.3. The Hall–Kier alpha value is -1.96. The fraction of sp³-hybridized carbons (Fsp3) is 0.250. The van der Waals surface area contributed by atoms with Gasteiger partial charge in [-0.05, 0) is 6.08 Å². The summed E-state index contributed by atoms with van der Waals surface area (Å²) >= 11 is 1.12. The number of aromatic nitrogens is 2. The number of hydrogen-bond donors (Lipinski definition) is 1. The third-order valence-electron chi connectivity index (χ3n) is 1.96. The Kier molecular flexibility index (Phi) is 3.10. The van der Waals surface area contributed by atoms with Gasteiger partial charge in [0.2, 0.25) is 0 Å². The van der Waals surface area contributed by atoms with Crippen LogP contribution in [0.2, 0.25) is 0 Å². The zero-order chi connectivity index (χ0) is 11.4. The first-order valence-corrected chi connectivity index (χ1v) is 5.27. The summed E-state index contributed by atoms with van der Waals surface area (Å²) in [6, 6.07) is 0. The van der Waals surface area contributed by atoms with E-state index in [0.29, 0.717) is 18.9 Å². The molecule has 1 aliphatic heterocycles. The van der Waals surface area contributed by atoms with Gasteiger partial charge in [0.1, 0.15) is 0 Å². The summed E-state index contributed by atoms with van der Waals surface area (Å²) in [6.45, 7) is 1.06. The highest BCUT2D eigenvalue weighted by Crippen LogP contribution is 2.11. The summed E-state index contributed by atoms with van der Waals surface area (Å²) in [5.41, 5.74) is 0.785. The zero-order valence-electron chi connectivity index (χ0n) is 8.24. The molecule has 1 aromatic rings. The predicted octanol–water partition coefficient (Wildman–Crippen LogP) is 0.533. The van der Waals surface area contributed by atoms with E-state index in [4.69, 9.17) is 0 Å². The average molecular weight is 239 g/mol. The van der Waals surface area contributed by atoms with Gasteiger partial charge in [-0.2, -0.15) is 8.75 Å². The van der Waals surface area contributed by atoms with Gasteiger partial charge in [0.15, 0.2) is 5.82 Å². The fourth-order valence-corrected chi connectivity index (χ4v) is 1.74. The standard InChI is InChI=1S/C8H9N5O2S/c14-13(15)6-8-9-2-1-3-12(8)5-7-4-10-16-11-7/h1,3-4,6,9H,2,5H2. The summed E-state index contributed by atoms with van der Waals surface area (Å²) in [5, 5.41) is 13.4. The summed E-state index contributed by atoms with van der Waals surface area (Å²) in [5.74, 6) is 0.459. The van der Waals surface area contributed by atoms with Crippen LogP contribution in [0.3, 0.4) is 0 Å². The second kappa shape index (κ2) is 4.71. The third-order valence-corrected chi connectivity index (χ3v) is 2.48. The molecule has 0 atom stereocenters. The van der Waals surface area contributed by atoms with Gasteiger partial charge in [-0.1, -0.05) is 0 Å². The van der Waals surface area contributed by atoms with Crippen molar-refractivity contribution in [2.24, 2.45) is 0 Å². The van der Waals surface area contributed by atoms with Crippen LogP contribution in [0, 0.1) is 10.1 Å². The molecule has 0 aromatic carbocycles. The van der Waals surface area contributed by atoms with Crippen molar-refractivity contribution >= 4 is 11.7 Å². The van der Waals surface area contributed by atoms with Gasteiger partial charge < -0.3 is 10.2 Å². The van der Waals surface area contributed by atoms with Gasteiger partial charge >= 0.3 is 0 Å². The molecule has 0 saturated carbocycles. The van der Waals surface area contributed by atoms with Crippen molar-refractivity contribution in [3.8, 4) is 0 Å². The third kappa shape index (κ3) is 2.54. The molecule has 0 amide bonds. The van der Waals surface area contributed by atoms with Crippen LogP contribution in [0.4, 0.5) is 0 Å². The van der Waals surface area contributed by atoms with Gasteiger partial charge in [0.05, 0.1) is 35.1 Å². The van der Waals surface area contributed by atoms with Gasteiger partial charge in [0.25, 0.3) is 6.20 Å². The largest absolute Gasteiger partial charge is 0.363 e. The zero-order valence-corrected chi connectivity index (χ0v) is 9.05. The summed E-state index contributed by atoms with van der Waals surface area (Å²) < 4.78 is 7.93. The Morgan fingerprint density at radius 2 is 2.62 bits per heavy atom. The number of rotatable bonds is 3. The van der Waals surface area contributed by atoms with Crippen molar-refractivity contribution in [2.75, 3.05) is 6.54 Å². The van der Waals surface area contributed by atoms with E-state index in [-0.39, 0.29) is 0 Å². The van der Waals surface area contributed by atoms with Crippen molar-refractivity contribution < 1.29 is 4.92 Å². The number of hydrogen-bond acceptors (Lipinski definition) is 7. The van der Waals surface area contributed by atoms with E-state index in [1.165, 1.54) is 0 Å². The van der Waals surface area contributed by atoms with E-state index in [2.05, 4.69) is 14.1 Å². The normalized spacial score (nSPS) is 17.5. The minimum Gasteiger partial charge on any atom is -0.363 e. The first-order valence-electron chi connectivity index (χ1n) is 4.54. The van der Waals surface area contributed by atoms with Crippen LogP contribution >= 0.6 is 11.7 Å². The van der Waals surface area contributed by atoms with E-state index >= 15 is 0 Å². The molecule has 0 aliphatic carbocycles. The minimum absolute atomic E-state index is 0.459. The Morgan fingerprint density at radius 1 is 1.75 bits per heavy atom. The van der Waals surface area contributed by atoms with E-state index in [0.717, 1.165) is 23.6 Å². The second-order valence-corrected chi connectivity index (χ2v) is 3.65. The van der Waals surface area contributed by atoms with Crippen LogP contribution in [0.15, 0.2) is 30.5 Å². The molecule has 1 aliphatic rings. The smallest absolute Gasteiger partial charge is 0.274 e. The quantitative estimate of drug-likeness (QED) is 0.612. The average Bonchev–Trinajstić information content (AvgIpc) is 2.73. The van der Waals surface area contributed by atoms with Gasteiger partial charge in [-0.15, -0.1) is 0 Å². The second-order valence-electron chi connectivity index (χ2n) is 3.09. The lowest BCUT2D eigenvalue weighted by Crippen LogP contribution is -2.32. The first kappa shape index (κ1) is 10.6. The lowest BCUT2D eigenvalue weighted by Gasteiger charge is -2.24. The highest BCUT2D eigenvalue weighted by atomic mass is 32.1. The van der Waals surface area contributed by atoms with E-state index in [1.54, 1.807) is 17.3 Å². The molecule has 16 heavy (non-hydrogen) atoms. The van der Waals surface area contributed by atoms with Gasteiger partial charge in [-0.25, -0.2) is 0 Å². The molecule has 1 aromatic heterocycles. The van der Waals surface area contributed by atoms with Crippen LogP contribution in [0.1, 0.15) is 5.69 Å². The van der Waals surface area contributed by atoms with Gasteiger partial charge in [0, 0.05) is 12.7 Å². The molecule has 84 valence electrons. The molecule has 2 heterocycles. The lowest BCUT2D eigenvalue weighted by molar-refractivity contribution is -0.404. The molecular formula is C8H9N5O2S. The van der Waals surface area contributed by atoms with Crippen molar-refractivity contribution in [2.45, 2.75) is 6.54 Å². The molecule has 7 nitrogen and oxygen atoms in total. The van der Waals surface area contributed by atoms with Crippen LogP contribution < -0.4 is 5.32 Å². The highest BCUT2D eigenvalue weighted by molar-refractivity contribution is 6.99. The molecule has 2 rings (SSSR count). The van der Waals surface area contributed by atoms with Crippen molar-refractivity contribution in [3.05, 3.63) is 46.3 Å². The van der Waals surface area contributed by atoms with E-state index in [9.17, 15) is 10.1 Å². The van der Waals surface area contributed by atoms with Crippen LogP contribution in [-0.2, 0) is 6.54 Å². The van der Waals surface area contributed by atoms with E-state index in [1.807, 2.05) is 6.08 Å². The van der Waals surface area contributed by atoms with Crippen molar-refractivity contribution in [3.63, 3.8) is 0 Å². The Morgan fingerprint density at radius 3 is 3.31 bits per heavy atom. The van der Waals surface area contributed by atoms with Crippen molar-refractivity contribution in [1.29, 1.82) is 0 Å². The Balaban J connectivity index is 2.13. The van der Waals surface area contributed by atoms with Crippen molar-refractivity contribution in [1.82, 2.24) is 19.0 Å². The molecular weight excluding hydrogens is 230 g/mol. The molecule has 0 bridgehead atoms. The first-order chi connectivity index (χ1) is 7.75. The summed E-state index contributed by atoms with van der Waals surface area (Å²) in [6.07, 6.45) is 6.28. The molecule has 0 radical (unpaired) electrons. The van der Waals surface area contributed by atoms with Crippen LogP contribution in [0.25, 0.3) is 0 Å². The SMILES string of the molecule is O=[N+]([O-])C=C1NCC=CN1Cc1cnsn1. The Bertz CT molecular complexity index is 428. The molecule has 8 heteroatoms. The molecule has 0 unspecified atom stereocenters. The molecule has 0 saturated heterocycles. The summed E-state index contributed by atoms with van der Waals surface area (Å²) in [4.78, 5) is 11.7. The molecule has 1 N–H and O–H groups in total. The maximum absolute atomic E-state index is 10.4. The number of nitrogens with zero attached hydrogens (tertiary/aromatic N) is 4. The van der Waals surface area contributed by atoms with Gasteiger partial charge in [-0.3, -0.25) is 10.1 Å². The fourth-order valence-electron chi connectivity index (χ4n) is 1.31. The topological polar surface area (TPSA) is 84.2 Å². The summed E-state index contributed by atoms with van der Waals surface area (Å²) in [7, 11) is 0. The van der Waals surface area contributed by atoms with Crippen LogP contribution in [0.5, 0.6) is 0 Å². The number of nitro groups is 1. The monoisotopic (exact) mass is 239 g/mol. The predicted molar refractivity (Wildman–Crippen MR) is 57.7 cm³/mol. The molecule has 0 fully saturated rings.